The average Bonchev–Trinajstić information content (AvgIpc) is 2.48. The second-order valence-corrected chi connectivity index (χ2v) is 4.78. The van der Waals surface area contributed by atoms with Gasteiger partial charge in [-0.1, -0.05) is 26.0 Å². The fourth-order valence-electron chi connectivity index (χ4n) is 2.13. The van der Waals surface area contributed by atoms with Gasteiger partial charge in [-0.25, -0.2) is 0 Å². The standard InChI is InChI=1S/C16H19NO4/c1-3-8-20-15-13(18)10-6-5-7-11(17)12(10)14(19)16(15)21-9-4-2/h5-7H,3-4,8-9,17H2,1-2H3. The Labute approximate surface area is 123 Å². The molecule has 21 heavy (non-hydrogen) atoms. The number of hydrogen-bond donors (Lipinski definition) is 1. The number of ketones is 2. The van der Waals surface area contributed by atoms with Gasteiger partial charge in [-0.2, -0.15) is 0 Å². The zero-order valence-electron chi connectivity index (χ0n) is 12.3. The molecule has 0 unspecified atom stereocenters. The predicted octanol–water partition coefficient (Wildman–Crippen LogP) is 2.71. The van der Waals surface area contributed by atoms with Crippen molar-refractivity contribution in [3.05, 3.63) is 40.8 Å². The molecule has 112 valence electrons. The van der Waals surface area contributed by atoms with Gasteiger partial charge in [-0.3, -0.25) is 9.59 Å². The van der Waals surface area contributed by atoms with E-state index in [1.165, 1.54) is 0 Å². The lowest BCUT2D eigenvalue weighted by Crippen LogP contribution is -2.26. The predicted molar refractivity (Wildman–Crippen MR) is 79.0 cm³/mol. The molecule has 0 saturated heterocycles. The summed E-state index contributed by atoms with van der Waals surface area (Å²) in [5, 5.41) is 0. The Morgan fingerprint density at radius 1 is 0.952 bits per heavy atom. The van der Waals surface area contributed by atoms with E-state index in [1.54, 1.807) is 18.2 Å². The SMILES string of the molecule is CCCOC1=C(OCCC)C(=O)c2c(N)cccc2C1=O. The average molecular weight is 289 g/mol. The number of carbonyl (C=O) groups excluding carboxylic acids is 2. The largest absolute Gasteiger partial charge is 0.486 e. The number of ether oxygens (including phenoxy) is 2. The topological polar surface area (TPSA) is 78.6 Å². The Bertz CT molecular complexity index is 604. The van der Waals surface area contributed by atoms with Gasteiger partial charge >= 0.3 is 0 Å². The number of fused-ring (bicyclic) bond motifs is 1. The van der Waals surface area contributed by atoms with E-state index in [9.17, 15) is 9.59 Å². The van der Waals surface area contributed by atoms with Gasteiger partial charge in [0, 0.05) is 11.3 Å². The third kappa shape index (κ3) is 2.77. The second-order valence-electron chi connectivity index (χ2n) is 4.78. The molecule has 5 heteroatoms. The highest BCUT2D eigenvalue weighted by Crippen LogP contribution is 2.31. The van der Waals surface area contributed by atoms with E-state index in [0.717, 1.165) is 12.8 Å². The van der Waals surface area contributed by atoms with E-state index in [1.807, 2.05) is 13.8 Å². The first-order valence-corrected chi connectivity index (χ1v) is 7.09. The lowest BCUT2D eigenvalue weighted by Gasteiger charge is -2.22. The van der Waals surface area contributed by atoms with Crippen LogP contribution >= 0.6 is 0 Å². The summed E-state index contributed by atoms with van der Waals surface area (Å²) in [6.07, 6.45) is 1.46. The molecule has 0 aliphatic heterocycles. The van der Waals surface area contributed by atoms with Crippen molar-refractivity contribution in [1.82, 2.24) is 0 Å². The third-order valence-electron chi connectivity index (χ3n) is 3.09. The number of benzene rings is 1. The summed E-state index contributed by atoms with van der Waals surface area (Å²) >= 11 is 0. The normalized spacial score (nSPS) is 14.2. The maximum Gasteiger partial charge on any atom is 0.234 e. The number of anilines is 1. The molecule has 0 atom stereocenters. The van der Waals surface area contributed by atoms with Gasteiger partial charge in [-0.15, -0.1) is 0 Å². The summed E-state index contributed by atoms with van der Waals surface area (Å²) < 4.78 is 10.9. The number of nitrogens with two attached hydrogens (primary N) is 1. The van der Waals surface area contributed by atoms with Crippen molar-refractivity contribution < 1.29 is 19.1 Å². The first-order chi connectivity index (χ1) is 10.1. The zero-order chi connectivity index (χ0) is 15.4. The number of carbonyl (C=O) groups is 2. The van der Waals surface area contributed by atoms with Crippen LogP contribution in [0.15, 0.2) is 29.7 Å². The number of hydrogen-bond acceptors (Lipinski definition) is 5. The van der Waals surface area contributed by atoms with Gasteiger partial charge in [-0.05, 0) is 18.9 Å². The van der Waals surface area contributed by atoms with E-state index >= 15 is 0 Å². The van der Waals surface area contributed by atoms with Gasteiger partial charge in [0.15, 0.2) is 0 Å². The molecule has 0 radical (unpaired) electrons. The number of nitrogen functional groups attached to an aromatic ring is 1. The van der Waals surface area contributed by atoms with Crippen LogP contribution in [0.4, 0.5) is 5.69 Å². The lowest BCUT2D eigenvalue weighted by atomic mass is 9.91. The number of Topliss-reactive ketones (excluding diaryl/α,β-unsaturated/α-hetero) is 2. The highest BCUT2D eigenvalue weighted by molar-refractivity contribution is 6.27. The van der Waals surface area contributed by atoms with Gasteiger partial charge in [0.25, 0.3) is 0 Å². The first kappa shape index (κ1) is 15.1. The maximum atomic E-state index is 12.6. The molecule has 0 bridgehead atoms. The van der Waals surface area contributed by atoms with Crippen molar-refractivity contribution in [2.75, 3.05) is 18.9 Å². The first-order valence-electron chi connectivity index (χ1n) is 7.09. The van der Waals surface area contributed by atoms with E-state index in [-0.39, 0.29) is 39.9 Å². The van der Waals surface area contributed by atoms with Crippen molar-refractivity contribution in [2.45, 2.75) is 26.7 Å². The summed E-state index contributed by atoms with van der Waals surface area (Å²) in [5.41, 5.74) is 6.59. The molecule has 1 aromatic carbocycles. The molecular formula is C16H19NO4. The second kappa shape index (κ2) is 6.43. The number of allylic oxidation sites excluding steroid dienone is 2. The van der Waals surface area contributed by atoms with Crippen LogP contribution in [0.5, 0.6) is 0 Å². The monoisotopic (exact) mass is 289 g/mol. The molecule has 0 aromatic heterocycles. The van der Waals surface area contributed by atoms with E-state index in [2.05, 4.69) is 0 Å². The smallest absolute Gasteiger partial charge is 0.234 e. The summed E-state index contributed by atoms with van der Waals surface area (Å²) in [6.45, 7) is 4.54. The van der Waals surface area contributed by atoms with Crippen LogP contribution in [0.1, 0.15) is 47.4 Å². The van der Waals surface area contributed by atoms with Crippen molar-refractivity contribution in [2.24, 2.45) is 0 Å². The number of rotatable bonds is 6. The summed E-state index contributed by atoms with van der Waals surface area (Å²) in [7, 11) is 0. The fourth-order valence-corrected chi connectivity index (χ4v) is 2.13. The van der Waals surface area contributed by atoms with Crippen LogP contribution in [-0.4, -0.2) is 24.8 Å². The van der Waals surface area contributed by atoms with Crippen molar-refractivity contribution in [3.8, 4) is 0 Å². The minimum atomic E-state index is -0.387. The Kier molecular flexibility index (Phi) is 4.62. The molecule has 2 rings (SSSR count). The van der Waals surface area contributed by atoms with Crippen LogP contribution in [0.3, 0.4) is 0 Å². The molecule has 1 aliphatic carbocycles. The molecule has 1 aromatic rings. The minimum absolute atomic E-state index is 0.00611. The van der Waals surface area contributed by atoms with Crippen molar-refractivity contribution in [3.63, 3.8) is 0 Å². The molecule has 0 amide bonds. The summed E-state index contributed by atoms with van der Waals surface area (Å²) in [4.78, 5) is 25.1. The quantitative estimate of drug-likeness (QED) is 0.815. The Morgan fingerprint density at radius 3 is 2.10 bits per heavy atom. The highest BCUT2D eigenvalue weighted by atomic mass is 16.5. The maximum absolute atomic E-state index is 12.6. The van der Waals surface area contributed by atoms with Gasteiger partial charge in [0.2, 0.25) is 23.1 Å². The van der Waals surface area contributed by atoms with E-state index < -0.39 is 0 Å². The molecule has 5 nitrogen and oxygen atoms in total. The van der Waals surface area contributed by atoms with E-state index in [0.29, 0.717) is 13.2 Å². The Hall–Kier alpha value is -2.30. The fraction of sp³-hybridized carbons (Fsp3) is 0.375. The van der Waals surface area contributed by atoms with Crippen LogP contribution in [0, 0.1) is 0 Å². The van der Waals surface area contributed by atoms with Crippen molar-refractivity contribution >= 4 is 17.3 Å². The summed E-state index contributed by atoms with van der Waals surface area (Å²) in [5.74, 6) is -0.771. The lowest BCUT2D eigenvalue weighted by molar-refractivity contribution is 0.0752. The molecule has 0 saturated carbocycles. The minimum Gasteiger partial charge on any atom is -0.486 e. The van der Waals surface area contributed by atoms with Gasteiger partial charge < -0.3 is 15.2 Å². The molecule has 0 fully saturated rings. The Morgan fingerprint density at radius 2 is 1.52 bits per heavy atom. The van der Waals surface area contributed by atoms with Gasteiger partial charge in [0.05, 0.1) is 18.8 Å². The van der Waals surface area contributed by atoms with Gasteiger partial charge in [0.1, 0.15) is 0 Å². The third-order valence-corrected chi connectivity index (χ3v) is 3.09. The molecule has 1 aliphatic rings. The molecule has 0 heterocycles. The van der Waals surface area contributed by atoms with Crippen LogP contribution in [0.2, 0.25) is 0 Å². The highest BCUT2D eigenvalue weighted by Gasteiger charge is 2.36. The van der Waals surface area contributed by atoms with Crippen LogP contribution in [-0.2, 0) is 9.47 Å². The Balaban J connectivity index is 2.50. The van der Waals surface area contributed by atoms with Crippen molar-refractivity contribution in [1.29, 1.82) is 0 Å². The van der Waals surface area contributed by atoms with E-state index in [4.69, 9.17) is 15.2 Å². The summed E-state index contributed by atoms with van der Waals surface area (Å²) in [6, 6.07) is 4.83. The van der Waals surface area contributed by atoms with Crippen LogP contribution in [0.25, 0.3) is 0 Å². The molecule has 0 spiro atoms. The zero-order valence-corrected chi connectivity index (χ0v) is 12.3. The molecule has 2 N–H and O–H groups in total. The van der Waals surface area contributed by atoms with Crippen LogP contribution < -0.4 is 5.73 Å². The molecular weight excluding hydrogens is 270 g/mol.